The van der Waals surface area contributed by atoms with Crippen molar-refractivity contribution in [3.8, 4) is 5.75 Å². The molecule has 0 spiro atoms. The molecule has 0 saturated carbocycles. The molecule has 0 aliphatic carbocycles. The molecule has 1 atom stereocenters. The summed E-state index contributed by atoms with van der Waals surface area (Å²) in [7, 11) is -5.91. The van der Waals surface area contributed by atoms with Crippen LogP contribution in [0.3, 0.4) is 0 Å². The number of ether oxygens (including phenoxy) is 1. The number of hydrogen-bond donors (Lipinski definition) is 2. The second-order valence-electron chi connectivity index (χ2n) is 7.48. The number of anilines is 2. The first kappa shape index (κ1) is 25.6. The lowest BCUT2D eigenvalue weighted by Crippen LogP contribution is -2.47. The van der Waals surface area contributed by atoms with Crippen LogP contribution >= 0.6 is 0 Å². The topological polar surface area (TPSA) is 133 Å². The molecule has 2 aromatic rings. The van der Waals surface area contributed by atoms with Crippen molar-refractivity contribution >= 4 is 37.5 Å². The summed E-state index contributed by atoms with van der Waals surface area (Å²) in [5, 5.41) is 11.0. The van der Waals surface area contributed by atoms with Crippen LogP contribution < -0.4 is 14.4 Å². The van der Waals surface area contributed by atoms with Crippen LogP contribution in [0.25, 0.3) is 0 Å². The number of sulfonamides is 2. The minimum absolute atomic E-state index is 0.0292. The summed E-state index contributed by atoms with van der Waals surface area (Å²) in [4.78, 5) is 10.3. The molecule has 10 nitrogen and oxygen atoms in total. The third-order valence-corrected chi connectivity index (χ3v) is 8.53. The molecule has 1 aliphatic heterocycles. The van der Waals surface area contributed by atoms with Crippen LogP contribution in [0.1, 0.15) is 5.56 Å². The Balaban J connectivity index is 2.12. The van der Waals surface area contributed by atoms with Crippen LogP contribution in [0, 0.1) is 0 Å². The Bertz CT molecular complexity index is 1310. The molecule has 3 rings (SSSR count). The molecular formula is C19H20F3N3O7S2. The summed E-state index contributed by atoms with van der Waals surface area (Å²) < 4.78 is 98.3. The van der Waals surface area contributed by atoms with E-state index in [1.807, 2.05) is 5.32 Å². The van der Waals surface area contributed by atoms with Gasteiger partial charge < -0.3 is 9.84 Å². The number of rotatable bonds is 6. The molecule has 15 heteroatoms. The van der Waals surface area contributed by atoms with Gasteiger partial charge in [0.05, 0.1) is 22.7 Å². The normalized spacial score (nSPS) is 16.6. The van der Waals surface area contributed by atoms with Gasteiger partial charge in [0.25, 0.3) is 10.0 Å². The van der Waals surface area contributed by atoms with E-state index in [1.165, 1.54) is 26.2 Å². The molecular weight excluding hydrogens is 503 g/mol. The number of nitrogens with one attached hydrogen (secondary N) is 1. The van der Waals surface area contributed by atoms with Crippen molar-refractivity contribution in [3.63, 3.8) is 0 Å². The molecule has 0 aromatic heterocycles. The van der Waals surface area contributed by atoms with E-state index in [2.05, 4.69) is 0 Å². The maximum absolute atomic E-state index is 13.4. The van der Waals surface area contributed by atoms with E-state index >= 15 is 0 Å². The van der Waals surface area contributed by atoms with Crippen molar-refractivity contribution in [3.05, 3.63) is 48.0 Å². The highest BCUT2D eigenvalue weighted by molar-refractivity contribution is 7.93. The zero-order valence-corrected chi connectivity index (χ0v) is 19.4. The summed E-state index contributed by atoms with van der Waals surface area (Å²) in [6.45, 7) is -0.546. The van der Waals surface area contributed by atoms with Gasteiger partial charge >= 0.3 is 12.3 Å². The Morgan fingerprint density at radius 1 is 1.18 bits per heavy atom. The highest BCUT2D eigenvalue weighted by Gasteiger charge is 2.38. The molecule has 0 bridgehead atoms. The molecule has 1 unspecified atom stereocenters. The average Bonchev–Trinajstić information content (AvgIpc) is 2.72. The number of nitrogens with zero attached hydrogens (tertiary/aromatic N) is 2. The lowest BCUT2D eigenvalue weighted by atomic mass is 10.2. The number of hydrogen-bond acceptors (Lipinski definition) is 6. The summed E-state index contributed by atoms with van der Waals surface area (Å²) in [5.41, 5.74) is -1.38. The predicted molar refractivity (Wildman–Crippen MR) is 116 cm³/mol. The van der Waals surface area contributed by atoms with Crippen LogP contribution in [-0.4, -0.2) is 64.8 Å². The smallest absolute Gasteiger partial charge is 0.416 e. The van der Waals surface area contributed by atoms with Crippen LogP contribution in [0.4, 0.5) is 29.3 Å². The van der Waals surface area contributed by atoms with Crippen LogP contribution in [0.5, 0.6) is 5.75 Å². The van der Waals surface area contributed by atoms with Gasteiger partial charge in [0.15, 0.2) is 0 Å². The predicted octanol–water partition coefficient (Wildman–Crippen LogP) is 2.64. The second-order valence-corrected chi connectivity index (χ2v) is 11.6. The van der Waals surface area contributed by atoms with E-state index in [1.54, 1.807) is 0 Å². The summed E-state index contributed by atoms with van der Waals surface area (Å²) in [6, 6.07) is 6.74. The minimum atomic E-state index is -4.80. The van der Waals surface area contributed by atoms with Gasteiger partial charge in [-0.15, -0.1) is 0 Å². The Hall–Kier alpha value is -3.04. The zero-order chi connectivity index (χ0) is 25.5. The van der Waals surface area contributed by atoms with Crippen LogP contribution in [0.2, 0.25) is 0 Å². The lowest BCUT2D eigenvalue weighted by Gasteiger charge is -2.36. The van der Waals surface area contributed by atoms with Crippen molar-refractivity contribution in [2.24, 2.45) is 0 Å². The third kappa shape index (κ3) is 5.37. The van der Waals surface area contributed by atoms with Crippen molar-refractivity contribution in [2.45, 2.75) is 17.2 Å². The van der Waals surface area contributed by atoms with E-state index in [-0.39, 0.29) is 17.1 Å². The highest BCUT2D eigenvalue weighted by Crippen LogP contribution is 2.40. The SMILES string of the molecule is CN(C)S(=O)(=O)CC1CN(S(=O)(=O)c2cccc(C(F)(F)F)c2)c2cc(NC(=O)O)ccc2O1. The van der Waals surface area contributed by atoms with E-state index in [9.17, 15) is 34.8 Å². The fourth-order valence-corrected chi connectivity index (χ4v) is 5.66. The van der Waals surface area contributed by atoms with Gasteiger partial charge in [0.1, 0.15) is 17.6 Å². The van der Waals surface area contributed by atoms with Gasteiger partial charge in [0.2, 0.25) is 10.0 Å². The molecule has 34 heavy (non-hydrogen) atoms. The lowest BCUT2D eigenvalue weighted by molar-refractivity contribution is -0.137. The number of fused-ring (bicyclic) bond motifs is 1. The Labute approximate surface area is 193 Å². The van der Waals surface area contributed by atoms with Crippen molar-refractivity contribution in [2.75, 3.05) is 36.0 Å². The molecule has 0 radical (unpaired) electrons. The quantitative estimate of drug-likeness (QED) is 0.595. The first-order valence-corrected chi connectivity index (χ1v) is 12.6. The standard InChI is InChI=1S/C19H20F3N3O7S2/c1-24(2)33(28,29)11-14-10-25(16-9-13(23-18(26)27)6-7-17(16)32-14)34(30,31)15-5-3-4-12(8-15)19(20,21)22/h3-9,14,23H,10-11H2,1-2H3,(H,26,27). The first-order chi connectivity index (χ1) is 15.6. The van der Waals surface area contributed by atoms with Crippen molar-refractivity contribution < 1.29 is 44.6 Å². The van der Waals surface area contributed by atoms with E-state index in [4.69, 9.17) is 9.84 Å². The summed E-state index contributed by atoms with van der Waals surface area (Å²) in [5.74, 6) is -0.694. The van der Waals surface area contributed by atoms with Gasteiger partial charge in [-0.2, -0.15) is 13.2 Å². The number of amides is 1. The molecule has 0 saturated heterocycles. The number of carboxylic acid groups (broad SMARTS) is 1. The number of benzene rings is 2. The Kier molecular flexibility index (Phi) is 6.74. The highest BCUT2D eigenvalue weighted by atomic mass is 32.2. The molecule has 1 heterocycles. The number of alkyl halides is 3. The fourth-order valence-electron chi connectivity index (χ4n) is 3.17. The molecule has 2 aromatic carbocycles. The van der Waals surface area contributed by atoms with Gasteiger partial charge in [-0.1, -0.05) is 6.07 Å². The van der Waals surface area contributed by atoms with Gasteiger partial charge in [-0.05, 0) is 36.4 Å². The summed E-state index contributed by atoms with van der Waals surface area (Å²) >= 11 is 0. The maximum atomic E-state index is 13.4. The number of halogens is 3. The van der Waals surface area contributed by atoms with E-state index in [0.29, 0.717) is 16.4 Å². The van der Waals surface area contributed by atoms with E-state index < -0.39 is 61.2 Å². The monoisotopic (exact) mass is 523 g/mol. The van der Waals surface area contributed by atoms with Crippen molar-refractivity contribution in [1.82, 2.24) is 4.31 Å². The van der Waals surface area contributed by atoms with Crippen LogP contribution in [0.15, 0.2) is 47.4 Å². The van der Waals surface area contributed by atoms with Gasteiger partial charge in [0, 0.05) is 19.8 Å². The zero-order valence-electron chi connectivity index (χ0n) is 17.8. The fraction of sp³-hybridized carbons (Fsp3) is 0.316. The Morgan fingerprint density at radius 3 is 2.44 bits per heavy atom. The maximum Gasteiger partial charge on any atom is 0.416 e. The van der Waals surface area contributed by atoms with Crippen LogP contribution in [-0.2, 0) is 26.2 Å². The largest absolute Gasteiger partial charge is 0.485 e. The molecule has 1 aliphatic rings. The Morgan fingerprint density at radius 2 is 1.85 bits per heavy atom. The second kappa shape index (κ2) is 8.96. The van der Waals surface area contributed by atoms with E-state index in [0.717, 1.165) is 22.5 Å². The van der Waals surface area contributed by atoms with Crippen molar-refractivity contribution in [1.29, 1.82) is 0 Å². The number of carbonyl (C=O) groups is 1. The molecule has 186 valence electrons. The summed E-state index contributed by atoms with van der Waals surface area (Å²) in [6.07, 6.45) is -7.42. The average molecular weight is 524 g/mol. The first-order valence-electron chi connectivity index (χ1n) is 9.52. The molecule has 1 amide bonds. The molecule has 2 N–H and O–H groups in total. The van der Waals surface area contributed by atoms with Gasteiger partial charge in [-0.3, -0.25) is 9.62 Å². The third-order valence-electron chi connectivity index (χ3n) is 4.84. The minimum Gasteiger partial charge on any atom is -0.485 e. The molecule has 0 fully saturated rings. The van der Waals surface area contributed by atoms with Gasteiger partial charge in [-0.25, -0.2) is 25.9 Å².